The van der Waals surface area contributed by atoms with Crippen molar-refractivity contribution in [3.05, 3.63) is 67.6 Å². The van der Waals surface area contributed by atoms with E-state index in [1.807, 2.05) is 6.07 Å². The Balaban J connectivity index is 1.58. The fourth-order valence-corrected chi connectivity index (χ4v) is 9.03. The minimum Gasteiger partial charge on any atom is -0.478 e. The van der Waals surface area contributed by atoms with E-state index in [-0.39, 0.29) is 40.4 Å². The molecule has 236 valence electrons. The topological polar surface area (TPSA) is 133 Å². The molecule has 7 rings (SSSR count). The lowest BCUT2D eigenvalue weighted by Crippen LogP contribution is -2.37. The number of carboxylic acid groups (broad SMARTS) is 2. The number of benzene rings is 5. The number of hydrogen-bond donors (Lipinski definition) is 4. The third-order valence-electron chi connectivity index (χ3n) is 9.84. The van der Waals surface area contributed by atoms with Gasteiger partial charge in [-0.25, -0.2) is 9.59 Å². The van der Waals surface area contributed by atoms with Crippen LogP contribution in [0.3, 0.4) is 0 Å². The number of nitrogens with one attached hydrogen (secondary N) is 2. The smallest absolute Gasteiger partial charge is 0.336 e. The average Bonchev–Trinajstić information content (AvgIpc) is 3.04. The molecule has 46 heavy (non-hydrogen) atoms. The standard InChI is InChI=1S/C36H32Br2N2O6/c37-25-15-23(34(42)40-18-9-5-2-6-10-18)27-21(33(41)39-17-7-3-1-4-8-17)13-11-19-30-26(38)16-24(36(45)46)28-22(35(43)44)14-12-20(32(28)30)29(25)31(19)27/h11-18H,1-10H2,(H,39,41)(H,40,42)(H,43,44)(H,45,46). The van der Waals surface area contributed by atoms with E-state index >= 15 is 0 Å². The molecule has 2 saturated carbocycles. The summed E-state index contributed by atoms with van der Waals surface area (Å²) in [5.41, 5.74) is 0.527. The van der Waals surface area contributed by atoms with Gasteiger partial charge in [-0.05, 0) is 60.7 Å². The van der Waals surface area contributed by atoms with Crippen molar-refractivity contribution in [1.82, 2.24) is 10.6 Å². The first-order chi connectivity index (χ1) is 22.2. The number of aromatic carboxylic acids is 2. The van der Waals surface area contributed by atoms with Gasteiger partial charge in [0.15, 0.2) is 0 Å². The van der Waals surface area contributed by atoms with Crippen LogP contribution in [0, 0.1) is 0 Å². The van der Waals surface area contributed by atoms with Crippen LogP contribution < -0.4 is 10.6 Å². The van der Waals surface area contributed by atoms with Gasteiger partial charge >= 0.3 is 11.9 Å². The average molecular weight is 748 g/mol. The summed E-state index contributed by atoms with van der Waals surface area (Å²) in [6.07, 6.45) is 10.2. The summed E-state index contributed by atoms with van der Waals surface area (Å²) in [5, 5.41) is 31.1. The molecule has 5 aromatic carbocycles. The number of fused-ring (bicyclic) bond motifs is 2. The molecule has 0 spiro atoms. The van der Waals surface area contributed by atoms with Gasteiger partial charge in [-0.2, -0.15) is 0 Å². The van der Waals surface area contributed by atoms with Gasteiger partial charge in [0.05, 0.1) is 11.1 Å². The Morgan fingerprint density at radius 1 is 0.522 bits per heavy atom. The number of rotatable bonds is 6. The molecule has 0 bridgehead atoms. The fourth-order valence-electron chi connectivity index (χ4n) is 7.74. The largest absolute Gasteiger partial charge is 0.478 e. The maximum absolute atomic E-state index is 14.1. The maximum atomic E-state index is 14.1. The molecule has 0 aromatic heterocycles. The second kappa shape index (κ2) is 12.1. The highest BCUT2D eigenvalue weighted by atomic mass is 79.9. The first kappa shape index (κ1) is 30.9. The van der Waals surface area contributed by atoms with Crippen molar-refractivity contribution >= 4 is 98.7 Å². The van der Waals surface area contributed by atoms with Crippen LogP contribution in [-0.2, 0) is 0 Å². The van der Waals surface area contributed by atoms with Crippen LogP contribution in [0.2, 0.25) is 0 Å². The Morgan fingerprint density at radius 3 is 1.41 bits per heavy atom. The zero-order chi connectivity index (χ0) is 32.3. The Kier molecular flexibility index (Phi) is 8.13. The van der Waals surface area contributed by atoms with Gasteiger partial charge in [0.25, 0.3) is 11.8 Å². The monoisotopic (exact) mass is 746 g/mol. The third-order valence-corrected chi connectivity index (χ3v) is 11.1. The van der Waals surface area contributed by atoms with E-state index in [0.717, 1.165) is 64.2 Å². The lowest BCUT2D eigenvalue weighted by molar-refractivity contribution is 0.0695. The predicted octanol–water partition coefficient (Wildman–Crippen LogP) is 8.78. The molecule has 2 fully saturated rings. The minimum absolute atomic E-state index is 0.0536. The van der Waals surface area contributed by atoms with E-state index in [4.69, 9.17) is 0 Å². The van der Waals surface area contributed by atoms with Crippen LogP contribution in [-0.4, -0.2) is 46.0 Å². The van der Waals surface area contributed by atoms with Crippen LogP contribution in [0.4, 0.5) is 0 Å². The van der Waals surface area contributed by atoms with Gasteiger partial charge in [0.2, 0.25) is 0 Å². The summed E-state index contributed by atoms with van der Waals surface area (Å²) >= 11 is 7.34. The van der Waals surface area contributed by atoms with Crippen molar-refractivity contribution < 1.29 is 29.4 Å². The summed E-state index contributed by atoms with van der Waals surface area (Å²) in [4.78, 5) is 53.0. The molecule has 5 aromatic rings. The van der Waals surface area contributed by atoms with Crippen LogP contribution in [0.15, 0.2) is 45.3 Å². The molecular formula is C36H32Br2N2O6. The molecule has 10 heteroatoms. The SMILES string of the molecule is O=C(O)c1ccc2c3c(Br)cc(C(=O)NC4CCCCC4)c4c(C(=O)NC5CCCCC5)ccc(c5c(Br)cc(C(=O)O)c1c25)c43. The summed E-state index contributed by atoms with van der Waals surface area (Å²) in [7, 11) is 0. The van der Waals surface area contributed by atoms with Gasteiger partial charge < -0.3 is 20.8 Å². The summed E-state index contributed by atoms with van der Waals surface area (Å²) in [6.45, 7) is 0. The fraction of sp³-hybridized carbons (Fsp3) is 0.333. The van der Waals surface area contributed by atoms with Crippen LogP contribution in [0.25, 0.3) is 43.1 Å². The molecule has 0 atom stereocenters. The molecular weight excluding hydrogens is 716 g/mol. The molecule has 2 aliphatic carbocycles. The molecule has 0 saturated heterocycles. The highest BCUT2D eigenvalue weighted by Crippen LogP contribution is 2.48. The highest BCUT2D eigenvalue weighted by molar-refractivity contribution is 9.11. The number of halogens is 2. The second-order valence-corrected chi connectivity index (χ2v) is 14.3. The second-order valence-electron chi connectivity index (χ2n) is 12.6. The van der Waals surface area contributed by atoms with E-state index in [9.17, 15) is 29.4 Å². The van der Waals surface area contributed by atoms with E-state index < -0.39 is 11.9 Å². The molecule has 0 heterocycles. The van der Waals surface area contributed by atoms with Crippen molar-refractivity contribution in [2.24, 2.45) is 0 Å². The summed E-state index contributed by atoms with van der Waals surface area (Å²) in [5.74, 6) is -2.97. The highest BCUT2D eigenvalue weighted by Gasteiger charge is 2.29. The Morgan fingerprint density at radius 2 is 0.935 bits per heavy atom. The first-order valence-electron chi connectivity index (χ1n) is 15.8. The molecule has 0 aliphatic heterocycles. The molecule has 8 nitrogen and oxygen atoms in total. The summed E-state index contributed by atoms with van der Waals surface area (Å²) in [6, 6.07) is 9.97. The quantitative estimate of drug-likeness (QED) is 0.101. The van der Waals surface area contributed by atoms with E-state index in [0.29, 0.717) is 57.8 Å². The van der Waals surface area contributed by atoms with E-state index in [1.54, 1.807) is 18.2 Å². The number of carbonyl (C=O) groups is 4. The van der Waals surface area contributed by atoms with E-state index in [2.05, 4.69) is 42.5 Å². The Labute approximate surface area is 281 Å². The van der Waals surface area contributed by atoms with Gasteiger partial charge in [0.1, 0.15) is 0 Å². The zero-order valence-electron chi connectivity index (χ0n) is 25.0. The number of carbonyl (C=O) groups excluding carboxylic acids is 2. The Bertz CT molecular complexity index is 2100. The molecule has 0 radical (unpaired) electrons. The zero-order valence-corrected chi connectivity index (χ0v) is 28.1. The normalized spacial score (nSPS) is 16.4. The van der Waals surface area contributed by atoms with Gasteiger partial charge in [-0.1, -0.05) is 82.5 Å². The molecule has 2 aliphatic rings. The van der Waals surface area contributed by atoms with E-state index in [1.165, 1.54) is 12.1 Å². The van der Waals surface area contributed by atoms with Gasteiger partial charge in [-0.15, -0.1) is 0 Å². The molecule has 0 unspecified atom stereocenters. The van der Waals surface area contributed by atoms with Crippen LogP contribution in [0.5, 0.6) is 0 Å². The molecule has 2 amide bonds. The lowest BCUT2D eigenvalue weighted by atomic mass is 9.84. The number of hydrogen-bond acceptors (Lipinski definition) is 4. The van der Waals surface area contributed by atoms with Gasteiger partial charge in [0, 0.05) is 64.5 Å². The minimum atomic E-state index is -1.24. The number of amides is 2. The third kappa shape index (κ3) is 5.10. The predicted molar refractivity (Wildman–Crippen MR) is 186 cm³/mol. The number of carboxylic acids is 2. The first-order valence-corrected chi connectivity index (χ1v) is 17.4. The lowest BCUT2D eigenvalue weighted by Gasteiger charge is -2.26. The van der Waals surface area contributed by atoms with Crippen molar-refractivity contribution in [3.63, 3.8) is 0 Å². The maximum Gasteiger partial charge on any atom is 0.336 e. The van der Waals surface area contributed by atoms with Crippen molar-refractivity contribution in [1.29, 1.82) is 0 Å². The molecule has 4 N–H and O–H groups in total. The van der Waals surface area contributed by atoms with Gasteiger partial charge in [-0.3, -0.25) is 9.59 Å². The summed E-state index contributed by atoms with van der Waals surface area (Å²) < 4.78 is 1.06. The van der Waals surface area contributed by atoms with Crippen molar-refractivity contribution in [2.45, 2.75) is 76.3 Å². The van der Waals surface area contributed by atoms with Crippen LogP contribution >= 0.6 is 31.9 Å². The van der Waals surface area contributed by atoms with Crippen molar-refractivity contribution in [2.75, 3.05) is 0 Å². The Hall–Kier alpha value is -3.76. The van der Waals surface area contributed by atoms with Crippen LogP contribution in [0.1, 0.15) is 106 Å². The van der Waals surface area contributed by atoms with Crippen molar-refractivity contribution in [3.8, 4) is 0 Å².